The number of hydrogen-bond acceptors (Lipinski definition) is 2. The summed E-state index contributed by atoms with van der Waals surface area (Å²) in [5.74, 6) is -0.0127. The molecule has 1 unspecified atom stereocenters. The molecule has 3 nitrogen and oxygen atoms in total. The van der Waals surface area contributed by atoms with Gasteiger partial charge in [-0.3, -0.25) is 4.79 Å². The van der Waals surface area contributed by atoms with Gasteiger partial charge in [0.2, 0.25) is 0 Å². The molecule has 1 saturated carbocycles. The van der Waals surface area contributed by atoms with Gasteiger partial charge in [0.25, 0.3) is 0 Å². The number of carbonyl (C=O) groups is 1. The van der Waals surface area contributed by atoms with E-state index in [4.69, 9.17) is 0 Å². The number of nitrogens with one attached hydrogen (secondary N) is 1. The van der Waals surface area contributed by atoms with Gasteiger partial charge in [0.15, 0.2) is 0 Å². The van der Waals surface area contributed by atoms with Crippen molar-refractivity contribution in [3.63, 3.8) is 0 Å². The lowest BCUT2D eigenvalue weighted by Gasteiger charge is -2.22. The predicted octanol–water partition coefficient (Wildman–Crippen LogP) is 3.37. The van der Waals surface area contributed by atoms with Crippen molar-refractivity contribution < 1.29 is 9.90 Å². The molecule has 1 fully saturated rings. The average molecular weight is 261 g/mol. The summed E-state index contributed by atoms with van der Waals surface area (Å²) in [6.45, 7) is 0.788. The van der Waals surface area contributed by atoms with E-state index in [2.05, 4.69) is 5.32 Å². The minimum atomic E-state index is -0.796. The number of rotatable bonds is 6. The summed E-state index contributed by atoms with van der Waals surface area (Å²) in [4.78, 5) is 11.3. The Hall–Kier alpha value is -1.35. The monoisotopic (exact) mass is 261 g/mol. The summed E-state index contributed by atoms with van der Waals surface area (Å²) < 4.78 is 0. The average Bonchev–Trinajstić information content (AvgIpc) is 2.45. The van der Waals surface area contributed by atoms with E-state index in [1.165, 1.54) is 32.1 Å². The van der Waals surface area contributed by atoms with Crippen LogP contribution in [-0.2, 0) is 4.79 Å². The van der Waals surface area contributed by atoms with Gasteiger partial charge in [-0.25, -0.2) is 0 Å². The fraction of sp³-hybridized carbons (Fsp3) is 0.562. The molecule has 19 heavy (non-hydrogen) atoms. The topological polar surface area (TPSA) is 49.3 Å². The minimum absolute atomic E-state index is 0.579. The zero-order valence-electron chi connectivity index (χ0n) is 11.3. The summed E-state index contributed by atoms with van der Waals surface area (Å²) in [6, 6.07) is 8.83. The molecule has 0 aliphatic heterocycles. The minimum Gasteiger partial charge on any atom is -0.480 e. The van der Waals surface area contributed by atoms with Gasteiger partial charge in [-0.2, -0.15) is 0 Å². The van der Waals surface area contributed by atoms with Crippen LogP contribution < -0.4 is 5.32 Å². The maximum atomic E-state index is 11.3. The molecule has 3 heteroatoms. The Labute approximate surface area is 115 Å². The van der Waals surface area contributed by atoms with E-state index in [0.29, 0.717) is 0 Å². The van der Waals surface area contributed by atoms with E-state index in [1.54, 1.807) is 0 Å². The summed E-state index contributed by atoms with van der Waals surface area (Å²) in [6.07, 6.45) is 7.76. The molecule has 0 saturated heterocycles. The van der Waals surface area contributed by atoms with Crippen molar-refractivity contribution in [2.24, 2.45) is 5.92 Å². The molecule has 1 atom stereocenters. The highest BCUT2D eigenvalue weighted by atomic mass is 16.4. The van der Waals surface area contributed by atoms with Crippen LogP contribution in [0.15, 0.2) is 30.3 Å². The van der Waals surface area contributed by atoms with Gasteiger partial charge in [-0.15, -0.1) is 0 Å². The van der Waals surface area contributed by atoms with Crippen molar-refractivity contribution in [1.29, 1.82) is 0 Å². The Morgan fingerprint density at radius 2 is 1.89 bits per heavy atom. The van der Waals surface area contributed by atoms with Crippen LogP contribution in [-0.4, -0.2) is 17.6 Å². The van der Waals surface area contributed by atoms with E-state index in [-0.39, 0.29) is 0 Å². The van der Waals surface area contributed by atoms with Gasteiger partial charge < -0.3 is 10.4 Å². The summed E-state index contributed by atoms with van der Waals surface area (Å²) in [7, 11) is 0. The summed E-state index contributed by atoms with van der Waals surface area (Å²) in [5.41, 5.74) is 0.832. The van der Waals surface area contributed by atoms with Gasteiger partial charge in [0.1, 0.15) is 6.04 Å². The molecule has 1 aromatic rings. The Bertz CT molecular complexity index is 385. The quantitative estimate of drug-likeness (QED) is 0.825. The van der Waals surface area contributed by atoms with E-state index in [9.17, 15) is 9.90 Å². The van der Waals surface area contributed by atoms with Gasteiger partial charge in [-0.1, -0.05) is 62.4 Å². The van der Waals surface area contributed by atoms with E-state index in [1.807, 2.05) is 30.3 Å². The molecule has 1 aliphatic rings. The molecule has 0 bridgehead atoms. The normalized spacial score (nSPS) is 18.1. The third kappa shape index (κ3) is 4.35. The van der Waals surface area contributed by atoms with E-state index >= 15 is 0 Å². The third-order valence-corrected chi connectivity index (χ3v) is 4.01. The summed E-state index contributed by atoms with van der Waals surface area (Å²) >= 11 is 0. The fourth-order valence-corrected chi connectivity index (χ4v) is 2.90. The van der Waals surface area contributed by atoms with E-state index < -0.39 is 12.0 Å². The van der Waals surface area contributed by atoms with Crippen LogP contribution in [0.5, 0.6) is 0 Å². The predicted molar refractivity (Wildman–Crippen MR) is 76.0 cm³/mol. The molecule has 0 amide bonds. The first-order valence-electron chi connectivity index (χ1n) is 7.28. The number of aliphatic carboxylic acids is 1. The number of carboxylic acids is 1. The van der Waals surface area contributed by atoms with Crippen LogP contribution in [0.3, 0.4) is 0 Å². The van der Waals surface area contributed by atoms with E-state index in [0.717, 1.165) is 24.4 Å². The molecule has 104 valence electrons. The first-order chi connectivity index (χ1) is 9.27. The number of hydrogen-bond donors (Lipinski definition) is 2. The van der Waals surface area contributed by atoms with Crippen molar-refractivity contribution in [1.82, 2.24) is 5.32 Å². The molecular formula is C16H23NO2. The second-order valence-electron chi connectivity index (χ2n) is 5.43. The highest BCUT2D eigenvalue weighted by Crippen LogP contribution is 2.26. The standard InChI is InChI=1S/C16H23NO2/c18-16(19)15(14-9-5-2-6-10-14)17-12-11-13-7-3-1-4-8-13/h2,5-6,9-10,13,15,17H,1,3-4,7-8,11-12H2,(H,18,19). The maximum Gasteiger partial charge on any atom is 0.325 e. The second kappa shape index (κ2) is 7.29. The first-order valence-corrected chi connectivity index (χ1v) is 7.28. The Kier molecular flexibility index (Phi) is 5.40. The van der Waals surface area contributed by atoms with Crippen LogP contribution in [0, 0.1) is 5.92 Å². The van der Waals surface area contributed by atoms with Crippen LogP contribution in [0.25, 0.3) is 0 Å². The van der Waals surface area contributed by atoms with Crippen LogP contribution in [0.1, 0.15) is 50.1 Å². The largest absolute Gasteiger partial charge is 0.480 e. The van der Waals surface area contributed by atoms with Crippen LogP contribution in [0.4, 0.5) is 0 Å². The molecule has 0 heterocycles. The van der Waals surface area contributed by atoms with Gasteiger partial charge in [0, 0.05) is 0 Å². The van der Waals surface area contributed by atoms with Crippen LogP contribution >= 0.6 is 0 Å². The summed E-state index contributed by atoms with van der Waals surface area (Å²) in [5, 5.41) is 12.5. The van der Waals surface area contributed by atoms with Crippen molar-refractivity contribution in [3.05, 3.63) is 35.9 Å². The van der Waals surface area contributed by atoms with Crippen molar-refractivity contribution in [2.75, 3.05) is 6.54 Å². The smallest absolute Gasteiger partial charge is 0.325 e. The lowest BCUT2D eigenvalue weighted by atomic mass is 9.87. The van der Waals surface area contributed by atoms with Crippen molar-refractivity contribution in [3.8, 4) is 0 Å². The Balaban J connectivity index is 1.82. The second-order valence-corrected chi connectivity index (χ2v) is 5.43. The molecule has 1 aromatic carbocycles. The third-order valence-electron chi connectivity index (χ3n) is 4.01. The lowest BCUT2D eigenvalue weighted by molar-refractivity contribution is -0.139. The number of benzene rings is 1. The first kappa shape index (κ1) is 14.1. The lowest BCUT2D eigenvalue weighted by Crippen LogP contribution is -2.30. The molecular weight excluding hydrogens is 238 g/mol. The highest BCUT2D eigenvalue weighted by Gasteiger charge is 2.19. The maximum absolute atomic E-state index is 11.3. The fourth-order valence-electron chi connectivity index (χ4n) is 2.90. The van der Waals surface area contributed by atoms with Gasteiger partial charge in [-0.05, 0) is 24.4 Å². The van der Waals surface area contributed by atoms with Gasteiger partial charge >= 0.3 is 5.97 Å². The zero-order chi connectivity index (χ0) is 13.5. The molecule has 0 spiro atoms. The van der Waals surface area contributed by atoms with Crippen molar-refractivity contribution in [2.45, 2.75) is 44.6 Å². The SMILES string of the molecule is O=C(O)C(NCCC1CCCCC1)c1ccccc1. The molecule has 2 N–H and O–H groups in total. The highest BCUT2D eigenvalue weighted by molar-refractivity contribution is 5.75. The van der Waals surface area contributed by atoms with Crippen LogP contribution in [0.2, 0.25) is 0 Å². The molecule has 2 rings (SSSR count). The number of carboxylic acid groups (broad SMARTS) is 1. The zero-order valence-corrected chi connectivity index (χ0v) is 11.3. The van der Waals surface area contributed by atoms with Crippen molar-refractivity contribution >= 4 is 5.97 Å². The molecule has 1 aliphatic carbocycles. The Morgan fingerprint density at radius 1 is 1.21 bits per heavy atom. The molecule has 0 aromatic heterocycles. The molecule has 0 radical (unpaired) electrons. The van der Waals surface area contributed by atoms with Gasteiger partial charge in [0.05, 0.1) is 0 Å². The Morgan fingerprint density at radius 3 is 2.53 bits per heavy atom.